The molecule has 1 N–H and O–H groups in total. The molecule has 1 amide bonds. The number of halogens is 1. The number of amides is 1. The van der Waals surface area contributed by atoms with Crippen LogP contribution >= 0.6 is 23.4 Å². The minimum Gasteiger partial charge on any atom is -0.497 e. The van der Waals surface area contributed by atoms with E-state index in [-0.39, 0.29) is 35.2 Å². The zero-order chi connectivity index (χ0) is 22.9. The van der Waals surface area contributed by atoms with Gasteiger partial charge in [-0.2, -0.15) is 0 Å². The first-order valence-electron chi connectivity index (χ1n) is 9.78. The molecule has 4 rings (SSSR count). The van der Waals surface area contributed by atoms with Crippen molar-refractivity contribution in [2.45, 2.75) is 11.3 Å². The maximum Gasteiger partial charge on any atom is 0.244 e. The number of benzene rings is 2. The van der Waals surface area contributed by atoms with Crippen LogP contribution in [0.5, 0.6) is 11.5 Å². The van der Waals surface area contributed by atoms with Gasteiger partial charge in [0.05, 0.1) is 37.5 Å². The third-order valence-electron chi connectivity index (χ3n) is 5.14. The first-order chi connectivity index (χ1) is 15.3. The van der Waals surface area contributed by atoms with Crippen LogP contribution in [0.4, 0.5) is 11.4 Å². The van der Waals surface area contributed by atoms with E-state index in [1.54, 1.807) is 36.3 Å². The van der Waals surface area contributed by atoms with Gasteiger partial charge in [0, 0.05) is 22.0 Å². The molecule has 0 aliphatic carbocycles. The normalized spacial score (nSPS) is 20.9. The van der Waals surface area contributed by atoms with Crippen LogP contribution in [-0.2, 0) is 14.6 Å². The summed E-state index contributed by atoms with van der Waals surface area (Å²) in [6, 6.07) is 12.0. The van der Waals surface area contributed by atoms with Gasteiger partial charge in [-0.3, -0.25) is 9.79 Å². The highest BCUT2D eigenvalue weighted by Crippen LogP contribution is 2.37. The maximum atomic E-state index is 13.0. The summed E-state index contributed by atoms with van der Waals surface area (Å²) in [4.78, 5) is 19.4. The number of nitrogens with zero attached hydrogens (tertiary/aromatic N) is 2. The minimum absolute atomic E-state index is 0.0338. The molecule has 0 radical (unpaired) electrons. The van der Waals surface area contributed by atoms with Crippen molar-refractivity contribution < 1.29 is 22.7 Å². The Hall–Kier alpha value is -2.43. The molecule has 11 heteroatoms. The summed E-state index contributed by atoms with van der Waals surface area (Å²) in [5.74, 6) is 0.944. The van der Waals surface area contributed by atoms with Crippen LogP contribution in [0.2, 0.25) is 5.02 Å². The van der Waals surface area contributed by atoms with Crippen molar-refractivity contribution in [1.82, 2.24) is 0 Å². The van der Waals surface area contributed by atoms with E-state index in [1.807, 2.05) is 18.2 Å². The highest BCUT2D eigenvalue weighted by molar-refractivity contribution is 8.15. The number of hydrogen-bond donors (Lipinski definition) is 1. The lowest BCUT2D eigenvalue weighted by Crippen LogP contribution is -2.36. The van der Waals surface area contributed by atoms with Crippen LogP contribution < -0.4 is 19.7 Å². The number of carbonyl (C=O) groups excluding carboxylic acids is 1. The van der Waals surface area contributed by atoms with Crippen LogP contribution in [-0.4, -0.2) is 63.1 Å². The molecule has 2 atom stereocenters. The Morgan fingerprint density at radius 3 is 2.75 bits per heavy atom. The molecule has 1 fully saturated rings. The van der Waals surface area contributed by atoms with Crippen LogP contribution in [0.3, 0.4) is 0 Å². The molecule has 2 aliphatic rings. The molecular formula is C21H22ClN3O5S2. The second-order valence-corrected chi connectivity index (χ2v) is 11.2. The molecule has 0 spiro atoms. The SMILES string of the molecule is COc1cccc(N(CC(=O)Nc2cc(Cl)ccc2OC)C2=N[C@@H]3CS(=O)(=O)C[C@@H]3S2)c1. The average molecular weight is 496 g/mol. The van der Waals surface area contributed by atoms with Gasteiger partial charge < -0.3 is 19.7 Å². The van der Waals surface area contributed by atoms with Gasteiger partial charge in [0.15, 0.2) is 15.0 Å². The highest BCUT2D eigenvalue weighted by Gasteiger charge is 2.44. The molecule has 8 nitrogen and oxygen atoms in total. The third-order valence-corrected chi connectivity index (χ3v) is 8.62. The molecule has 0 aromatic heterocycles. The number of amidine groups is 1. The van der Waals surface area contributed by atoms with Gasteiger partial charge in [-0.1, -0.05) is 29.4 Å². The molecule has 2 aliphatic heterocycles. The second-order valence-electron chi connectivity index (χ2n) is 7.39. The Morgan fingerprint density at radius 2 is 2.03 bits per heavy atom. The fourth-order valence-corrected chi connectivity index (χ4v) is 7.58. The number of carbonyl (C=O) groups is 1. The summed E-state index contributed by atoms with van der Waals surface area (Å²) in [6.45, 7) is -0.0408. The lowest BCUT2D eigenvalue weighted by Gasteiger charge is -2.24. The quantitative estimate of drug-likeness (QED) is 0.657. The molecule has 0 unspecified atom stereocenters. The van der Waals surface area contributed by atoms with Crippen molar-refractivity contribution >= 4 is 55.6 Å². The lowest BCUT2D eigenvalue weighted by atomic mass is 10.2. The van der Waals surface area contributed by atoms with Gasteiger partial charge in [-0.05, 0) is 30.3 Å². The number of methoxy groups -OCH3 is 2. The lowest BCUT2D eigenvalue weighted by molar-refractivity contribution is -0.114. The van der Waals surface area contributed by atoms with E-state index in [9.17, 15) is 13.2 Å². The molecule has 2 heterocycles. The Morgan fingerprint density at radius 1 is 1.22 bits per heavy atom. The first-order valence-corrected chi connectivity index (χ1v) is 12.9. The van der Waals surface area contributed by atoms with E-state index >= 15 is 0 Å². The van der Waals surface area contributed by atoms with Gasteiger partial charge in [-0.25, -0.2) is 8.42 Å². The fourth-order valence-electron chi connectivity index (χ4n) is 3.63. The monoisotopic (exact) mass is 495 g/mol. The molecule has 0 saturated carbocycles. The number of aliphatic imine (C=N–C) groups is 1. The summed E-state index contributed by atoms with van der Waals surface area (Å²) in [6.07, 6.45) is 0. The number of hydrogen-bond acceptors (Lipinski definition) is 8. The maximum absolute atomic E-state index is 13.0. The predicted octanol–water partition coefficient (Wildman–Crippen LogP) is 3.07. The topological polar surface area (TPSA) is 97.3 Å². The molecular weight excluding hydrogens is 474 g/mol. The Balaban J connectivity index is 1.60. The number of thioether (sulfide) groups is 1. The molecule has 32 heavy (non-hydrogen) atoms. The van der Waals surface area contributed by atoms with Crippen molar-refractivity contribution in [3.05, 3.63) is 47.5 Å². The predicted molar refractivity (Wildman–Crippen MR) is 128 cm³/mol. The fraction of sp³-hybridized carbons (Fsp3) is 0.333. The van der Waals surface area contributed by atoms with Gasteiger partial charge in [0.25, 0.3) is 0 Å². The summed E-state index contributed by atoms with van der Waals surface area (Å²) >= 11 is 7.46. The van der Waals surface area contributed by atoms with Crippen molar-refractivity contribution in [3.63, 3.8) is 0 Å². The van der Waals surface area contributed by atoms with Gasteiger partial charge in [0.1, 0.15) is 18.0 Å². The molecule has 0 bridgehead atoms. The number of rotatable bonds is 6. The Kier molecular flexibility index (Phi) is 6.55. The molecule has 2 aromatic carbocycles. The highest BCUT2D eigenvalue weighted by atomic mass is 35.5. The Bertz CT molecular complexity index is 1170. The average Bonchev–Trinajstić information content (AvgIpc) is 3.25. The largest absolute Gasteiger partial charge is 0.497 e. The Labute approximate surface area is 195 Å². The van der Waals surface area contributed by atoms with Crippen molar-refractivity contribution in [1.29, 1.82) is 0 Å². The molecule has 1 saturated heterocycles. The summed E-state index contributed by atoms with van der Waals surface area (Å²) in [5.41, 5.74) is 1.17. The summed E-state index contributed by atoms with van der Waals surface area (Å²) < 4.78 is 34.5. The van der Waals surface area contributed by atoms with E-state index in [0.29, 0.717) is 33.1 Å². The van der Waals surface area contributed by atoms with Crippen LogP contribution in [0, 0.1) is 0 Å². The van der Waals surface area contributed by atoms with Crippen molar-refractivity contribution in [2.24, 2.45) is 4.99 Å². The van der Waals surface area contributed by atoms with Crippen molar-refractivity contribution in [2.75, 3.05) is 42.5 Å². The van der Waals surface area contributed by atoms with Crippen LogP contribution in [0.15, 0.2) is 47.5 Å². The standard InChI is InChI=1S/C21H22ClN3O5S2/c1-29-15-5-3-4-14(9-15)25(21-24-17-11-32(27,28)12-19(17)31-21)10-20(26)23-16-8-13(22)6-7-18(16)30-2/h3-9,17,19H,10-12H2,1-2H3,(H,23,26)/t17-,19+/m1/s1. The number of ether oxygens (including phenoxy) is 2. The third kappa shape index (κ3) is 4.97. The number of nitrogens with one attached hydrogen (secondary N) is 1. The number of fused-ring (bicyclic) bond motifs is 1. The summed E-state index contributed by atoms with van der Waals surface area (Å²) in [7, 11) is 0.00260. The van der Waals surface area contributed by atoms with Gasteiger partial charge in [-0.15, -0.1) is 0 Å². The number of anilines is 2. The van der Waals surface area contributed by atoms with Crippen LogP contribution in [0.1, 0.15) is 0 Å². The molecule has 2 aromatic rings. The van der Waals surface area contributed by atoms with E-state index in [2.05, 4.69) is 10.3 Å². The minimum atomic E-state index is -3.08. The second kappa shape index (κ2) is 9.21. The van der Waals surface area contributed by atoms with E-state index in [4.69, 9.17) is 21.1 Å². The van der Waals surface area contributed by atoms with Crippen molar-refractivity contribution in [3.8, 4) is 11.5 Å². The summed E-state index contributed by atoms with van der Waals surface area (Å²) in [5, 5.41) is 3.77. The first kappa shape index (κ1) is 22.8. The molecule has 170 valence electrons. The van der Waals surface area contributed by atoms with Crippen LogP contribution in [0.25, 0.3) is 0 Å². The van der Waals surface area contributed by atoms with E-state index < -0.39 is 9.84 Å². The van der Waals surface area contributed by atoms with E-state index in [0.717, 1.165) is 0 Å². The van der Waals surface area contributed by atoms with Gasteiger partial charge >= 0.3 is 0 Å². The number of sulfone groups is 1. The van der Waals surface area contributed by atoms with Gasteiger partial charge in [0.2, 0.25) is 5.91 Å². The zero-order valence-corrected chi connectivity index (χ0v) is 19.8. The smallest absolute Gasteiger partial charge is 0.244 e. The zero-order valence-electron chi connectivity index (χ0n) is 17.4. The van der Waals surface area contributed by atoms with E-state index in [1.165, 1.54) is 18.9 Å².